The molecule has 2 aromatic heterocycles. The molecule has 180 valence electrons. The van der Waals surface area contributed by atoms with E-state index in [1.807, 2.05) is 36.3 Å². The first kappa shape index (κ1) is 22.6. The van der Waals surface area contributed by atoms with Crippen molar-refractivity contribution in [3.63, 3.8) is 0 Å². The van der Waals surface area contributed by atoms with Gasteiger partial charge >= 0.3 is 12.2 Å². The first-order valence-corrected chi connectivity index (χ1v) is 11.4. The van der Waals surface area contributed by atoms with Crippen molar-refractivity contribution < 1.29 is 18.0 Å². The largest absolute Gasteiger partial charge is 0.390 e. The molecule has 0 aliphatic carbocycles. The van der Waals surface area contributed by atoms with Crippen molar-refractivity contribution in [3.8, 4) is 11.1 Å². The molecule has 3 aromatic rings. The van der Waals surface area contributed by atoms with Crippen molar-refractivity contribution in [2.24, 2.45) is 7.05 Å². The van der Waals surface area contributed by atoms with Crippen LogP contribution in [0.25, 0.3) is 22.0 Å². The molecule has 34 heavy (non-hydrogen) atoms. The van der Waals surface area contributed by atoms with Gasteiger partial charge in [-0.05, 0) is 37.3 Å². The minimum atomic E-state index is -4.16. The second-order valence-corrected chi connectivity index (χ2v) is 9.08. The van der Waals surface area contributed by atoms with Gasteiger partial charge in [-0.25, -0.2) is 14.8 Å². The van der Waals surface area contributed by atoms with Crippen LogP contribution in [0.2, 0.25) is 0 Å². The van der Waals surface area contributed by atoms with Gasteiger partial charge in [-0.2, -0.15) is 18.3 Å². The Morgan fingerprint density at radius 3 is 2.59 bits per heavy atom. The highest BCUT2D eigenvalue weighted by Crippen LogP contribution is 2.36. The molecule has 0 radical (unpaired) electrons. The van der Waals surface area contributed by atoms with Crippen molar-refractivity contribution >= 4 is 22.9 Å². The second-order valence-electron chi connectivity index (χ2n) is 9.08. The van der Waals surface area contributed by atoms with E-state index in [-0.39, 0.29) is 36.6 Å². The number of benzene rings is 1. The predicted octanol–water partition coefficient (Wildman–Crippen LogP) is 4.10. The van der Waals surface area contributed by atoms with Crippen molar-refractivity contribution in [2.45, 2.75) is 56.4 Å². The third-order valence-corrected chi connectivity index (χ3v) is 6.65. The van der Waals surface area contributed by atoms with Crippen LogP contribution in [0.3, 0.4) is 0 Å². The van der Waals surface area contributed by atoms with Gasteiger partial charge in [0.2, 0.25) is 5.95 Å². The van der Waals surface area contributed by atoms with E-state index < -0.39 is 12.6 Å². The van der Waals surface area contributed by atoms with Gasteiger partial charge in [0.05, 0.1) is 18.1 Å². The van der Waals surface area contributed by atoms with Gasteiger partial charge < -0.3 is 10.2 Å². The van der Waals surface area contributed by atoms with E-state index >= 15 is 0 Å². The number of halogens is 3. The van der Waals surface area contributed by atoms with E-state index in [2.05, 4.69) is 25.7 Å². The highest BCUT2D eigenvalue weighted by Gasteiger charge is 2.43. The lowest BCUT2D eigenvalue weighted by atomic mass is 9.97. The maximum absolute atomic E-state index is 13.1. The number of carbonyl (C=O) groups is 1. The number of hydrogen-bond acceptors (Lipinski definition) is 5. The molecule has 2 saturated heterocycles. The van der Waals surface area contributed by atoms with Crippen LogP contribution >= 0.6 is 0 Å². The molecule has 0 saturated carbocycles. The van der Waals surface area contributed by atoms with Crippen LogP contribution in [-0.4, -0.2) is 61.5 Å². The summed E-state index contributed by atoms with van der Waals surface area (Å²) in [6.45, 7) is -0.0915. The summed E-state index contributed by atoms with van der Waals surface area (Å²) in [7, 11) is 1.86. The van der Waals surface area contributed by atoms with Crippen LogP contribution in [0.15, 0.2) is 36.8 Å². The fourth-order valence-corrected chi connectivity index (χ4v) is 5.09. The summed E-state index contributed by atoms with van der Waals surface area (Å²) in [5.41, 5.74) is 2.65. The number of fused-ring (bicyclic) bond motifs is 3. The number of anilines is 1. The van der Waals surface area contributed by atoms with Gasteiger partial charge in [0, 0.05) is 55.1 Å². The number of alkyl halides is 3. The normalized spacial score (nSPS) is 22.4. The molecule has 2 aliphatic rings. The number of aromatic nitrogens is 4. The van der Waals surface area contributed by atoms with Crippen LogP contribution in [-0.2, 0) is 7.05 Å². The number of amides is 2. The van der Waals surface area contributed by atoms with Crippen molar-refractivity contribution in [1.82, 2.24) is 30.0 Å². The first-order chi connectivity index (χ1) is 16.2. The molecule has 3 atom stereocenters. The summed E-state index contributed by atoms with van der Waals surface area (Å²) in [6, 6.07) is 5.58. The number of carbonyl (C=O) groups excluding carboxylic acids is 1. The van der Waals surface area contributed by atoms with E-state index in [4.69, 9.17) is 0 Å². The van der Waals surface area contributed by atoms with E-state index in [1.165, 1.54) is 0 Å². The van der Waals surface area contributed by atoms with Crippen LogP contribution < -0.4 is 10.6 Å². The maximum atomic E-state index is 13.1. The Kier molecular flexibility index (Phi) is 5.88. The Labute approximate surface area is 194 Å². The quantitative estimate of drug-likeness (QED) is 0.583. The molecule has 0 spiro atoms. The molecule has 2 fully saturated rings. The topological polar surface area (TPSA) is 88.0 Å². The monoisotopic (exact) mass is 473 g/mol. The Balaban J connectivity index is 1.25. The summed E-state index contributed by atoms with van der Waals surface area (Å²) in [5.74, 6) is 0.227. The third kappa shape index (κ3) is 4.84. The third-order valence-electron chi connectivity index (χ3n) is 6.65. The fourth-order valence-electron chi connectivity index (χ4n) is 5.09. The maximum Gasteiger partial charge on any atom is 0.390 e. The molecule has 8 nitrogen and oxygen atoms in total. The van der Waals surface area contributed by atoms with E-state index in [0.29, 0.717) is 18.4 Å². The number of aryl methyl sites for hydroxylation is 1. The van der Waals surface area contributed by atoms with Crippen molar-refractivity contribution in [3.05, 3.63) is 36.8 Å². The van der Waals surface area contributed by atoms with Gasteiger partial charge in [0.15, 0.2) is 0 Å². The lowest BCUT2D eigenvalue weighted by Crippen LogP contribution is -2.53. The fraction of sp³-hybridized carbons (Fsp3) is 0.478. The number of urea groups is 1. The van der Waals surface area contributed by atoms with Crippen LogP contribution in [0, 0.1) is 0 Å². The zero-order valence-electron chi connectivity index (χ0n) is 18.7. The Bertz CT molecular complexity index is 1180. The van der Waals surface area contributed by atoms with Gasteiger partial charge in [-0.15, -0.1) is 0 Å². The van der Waals surface area contributed by atoms with Crippen LogP contribution in [0.4, 0.5) is 23.9 Å². The lowest BCUT2D eigenvalue weighted by Gasteiger charge is -2.39. The molecule has 4 heterocycles. The Hall–Kier alpha value is -3.21. The first-order valence-electron chi connectivity index (χ1n) is 11.4. The summed E-state index contributed by atoms with van der Waals surface area (Å²) < 4.78 is 39.1. The average Bonchev–Trinajstić information content (AvgIpc) is 3.33. The summed E-state index contributed by atoms with van der Waals surface area (Å²) in [4.78, 5) is 23.7. The number of piperidine rings is 1. The molecule has 2 amide bonds. The van der Waals surface area contributed by atoms with Gasteiger partial charge in [0.1, 0.15) is 0 Å². The molecule has 1 unspecified atom stereocenters. The highest BCUT2D eigenvalue weighted by atomic mass is 19.4. The zero-order valence-corrected chi connectivity index (χ0v) is 18.7. The van der Waals surface area contributed by atoms with E-state index in [9.17, 15) is 18.0 Å². The second kappa shape index (κ2) is 8.86. The van der Waals surface area contributed by atoms with Crippen molar-refractivity contribution in [2.75, 3.05) is 11.9 Å². The van der Waals surface area contributed by atoms with E-state index in [0.717, 1.165) is 29.4 Å². The molecule has 11 heteroatoms. The number of hydrogen-bond donors (Lipinski definition) is 2. The Morgan fingerprint density at radius 1 is 1.15 bits per heavy atom. The van der Waals surface area contributed by atoms with Crippen LogP contribution in [0.1, 0.15) is 32.1 Å². The van der Waals surface area contributed by atoms with Crippen LogP contribution in [0.5, 0.6) is 0 Å². The Morgan fingerprint density at radius 2 is 1.91 bits per heavy atom. The summed E-state index contributed by atoms with van der Waals surface area (Å²) in [6.07, 6.45) is 3.37. The predicted molar refractivity (Wildman–Crippen MR) is 121 cm³/mol. The molecule has 2 N–H and O–H groups in total. The summed E-state index contributed by atoms with van der Waals surface area (Å²) >= 11 is 0. The number of nitrogens with zero attached hydrogens (tertiary/aromatic N) is 5. The molecule has 2 aliphatic heterocycles. The molecular formula is C23H26F3N7O. The smallest absolute Gasteiger partial charge is 0.318 e. The molecular weight excluding hydrogens is 447 g/mol. The molecule has 2 bridgehead atoms. The SMILES string of the molecule is Cn1cc(-c2ccc3cnc(NC(=O)N4[C@@H]5CC[C@H]4CC(NCCC(F)(F)F)C5)nc3c2)cn1. The van der Waals surface area contributed by atoms with Crippen molar-refractivity contribution in [1.29, 1.82) is 0 Å². The minimum absolute atomic E-state index is 0.000207. The van der Waals surface area contributed by atoms with Gasteiger partial charge in [-0.3, -0.25) is 10.00 Å². The highest BCUT2D eigenvalue weighted by molar-refractivity contribution is 5.90. The minimum Gasteiger partial charge on any atom is -0.318 e. The average molecular weight is 474 g/mol. The van der Waals surface area contributed by atoms with E-state index in [1.54, 1.807) is 17.1 Å². The number of rotatable bonds is 5. The molecule has 5 rings (SSSR count). The zero-order chi connectivity index (χ0) is 23.9. The van der Waals surface area contributed by atoms with Gasteiger partial charge in [-0.1, -0.05) is 12.1 Å². The standard InChI is InChI=1S/C23H26F3N7O/c1-32-13-16(12-29-32)14-2-3-15-11-28-21(30-20(15)8-14)31-22(34)33-18-4-5-19(33)10-17(9-18)27-7-6-23(24,25)26/h2-3,8,11-13,17-19,27H,4-7,9-10H2,1H3,(H,28,30,31,34)/t17?,18-,19+. The molecule has 1 aromatic carbocycles. The summed E-state index contributed by atoms with van der Waals surface area (Å²) in [5, 5.41) is 10.9. The number of nitrogens with one attached hydrogen (secondary N) is 2. The van der Waals surface area contributed by atoms with Gasteiger partial charge in [0.25, 0.3) is 0 Å². The lowest BCUT2D eigenvalue weighted by molar-refractivity contribution is -0.133.